The molecule has 0 aliphatic carbocycles. The molecular formula is C21H25IN2O3. The zero-order valence-corrected chi connectivity index (χ0v) is 18.3. The van der Waals surface area contributed by atoms with Crippen LogP contribution in [0, 0.1) is 17.4 Å². The van der Waals surface area contributed by atoms with Gasteiger partial charge in [-0.25, -0.2) is 5.43 Å². The first-order valence-corrected chi connectivity index (χ1v) is 9.99. The van der Waals surface area contributed by atoms with E-state index in [9.17, 15) is 4.79 Å². The van der Waals surface area contributed by atoms with E-state index in [0.717, 1.165) is 31.6 Å². The number of aryl methyl sites for hydroxylation is 2. The molecular weight excluding hydrogens is 455 g/mol. The van der Waals surface area contributed by atoms with Crippen molar-refractivity contribution in [3.8, 4) is 11.5 Å². The summed E-state index contributed by atoms with van der Waals surface area (Å²) >= 11 is 2.21. The zero-order chi connectivity index (χ0) is 19.8. The highest BCUT2D eigenvalue weighted by atomic mass is 127. The van der Waals surface area contributed by atoms with Gasteiger partial charge >= 0.3 is 0 Å². The van der Waals surface area contributed by atoms with E-state index in [1.807, 2.05) is 58.0 Å². The highest BCUT2D eigenvalue weighted by Gasteiger charge is 2.11. The minimum absolute atomic E-state index is 0.148. The molecule has 0 spiro atoms. The molecule has 2 rings (SSSR count). The summed E-state index contributed by atoms with van der Waals surface area (Å²) in [5.74, 6) is 1.26. The summed E-state index contributed by atoms with van der Waals surface area (Å²) in [5, 5.41) is 4.08. The molecule has 0 unspecified atom stereocenters. The standard InChI is InChI=1S/C21H25IN2O3/c1-5-26-19-11-16(10-18(22)21(19)27-6-2)13-23-24-20(25)12-17-9-14(3)7-8-15(17)4/h7-11,13H,5-6,12H2,1-4H3,(H,24,25)/b23-13+. The van der Waals surface area contributed by atoms with Crippen molar-refractivity contribution in [3.05, 3.63) is 56.2 Å². The largest absolute Gasteiger partial charge is 0.490 e. The Morgan fingerprint density at radius 1 is 1.15 bits per heavy atom. The van der Waals surface area contributed by atoms with Crippen molar-refractivity contribution in [2.24, 2.45) is 5.10 Å². The summed E-state index contributed by atoms with van der Waals surface area (Å²) in [7, 11) is 0. The van der Waals surface area contributed by atoms with E-state index in [4.69, 9.17) is 9.47 Å². The average molecular weight is 480 g/mol. The van der Waals surface area contributed by atoms with Gasteiger partial charge in [0.15, 0.2) is 11.5 Å². The van der Waals surface area contributed by atoms with Crippen molar-refractivity contribution in [1.82, 2.24) is 5.43 Å². The summed E-state index contributed by atoms with van der Waals surface area (Å²) in [6, 6.07) is 9.89. The van der Waals surface area contributed by atoms with Crippen LogP contribution in [0.2, 0.25) is 0 Å². The first kappa shape index (κ1) is 21.2. The fraction of sp³-hybridized carbons (Fsp3) is 0.333. The van der Waals surface area contributed by atoms with Crippen LogP contribution >= 0.6 is 22.6 Å². The quantitative estimate of drug-likeness (QED) is 0.346. The van der Waals surface area contributed by atoms with Crippen molar-refractivity contribution in [2.45, 2.75) is 34.1 Å². The van der Waals surface area contributed by atoms with Crippen molar-refractivity contribution in [3.63, 3.8) is 0 Å². The van der Waals surface area contributed by atoms with Gasteiger partial charge in [-0.2, -0.15) is 5.10 Å². The predicted molar refractivity (Wildman–Crippen MR) is 117 cm³/mol. The zero-order valence-electron chi connectivity index (χ0n) is 16.1. The molecule has 0 fully saturated rings. The Bertz CT molecular complexity index is 834. The van der Waals surface area contributed by atoms with Gasteiger partial charge in [-0.05, 0) is 79.1 Å². The number of carbonyl (C=O) groups excluding carboxylic acids is 1. The van der Waals surface area contributed by atoms with Gasteiger partial charge < -0.3 is 9.47 Å². The van der Waals surface area contributed by atoms with Crippen molar-refractivity contribution < 1.29 is 14.3 Å². The lowest BCUT2D eigenvalue weighted by atomic mass is 10.0. The van der Waals surface area contributed by atoms with Gasteiger partial charge in [0.1, 0.15) is 0 Å². The van der Waals surface area contributed by atoms with Crippen molar-refractivity contribution in [1.29, 1.82) is 0 Å². The Hall–Kier alpha value is -2.09. The van der Waals surface area contributed by atoms with Crippen LogP contribution < -0.4 is 14.9 Å². The van der Waals surface area contributed by atoms with E-state index in [0.29, 0.717) is 25.4 Å². The minimum atomic E-state index is -0.148. The molecule has 5 nitrogen and oxygen atoms in total. The van der Waals surface area contributed by atoms with Crippen molar-refractivity contribution >= 4 is 34.7 Å². The number of carbonyl (C=O) groups is 1. The summed E-state index contributed by atoms with van der Waals surface area (Å²) < 4.78 is 12.3. The van der Waals surface area contributed by atoms with Crippen LogP contribution in [0.15, 0.2) is 35.4 Å². The molecule has 2 aromatic carbocycles. The van der Waals surface area contributed by atoms with E-state index < -0.39 is 0 Å². The van der Waals surface area contributed by atoms with Gasteiger partial charge in [0.25, 0.3) is 0 Å². The molecule has 0 bridgehead atoms. The monoisotopic (exact) mass is 480 g/mol. The molecule has 144 valence electrons. The Kier molecular flexibility index (Phi) is 8.09. The van der Waals surface area contributed by atoms with E-state index in [2.05, 4.69) is 33.1 Å². The number of hydrogen-bond acceptors (Lipinski definition) is 4. The molecule has 0 saturated carbocycles. The lowest BCUT2D eigenvalue weighted by Crippen LogP contribution is -2.20. The third-order valence-corrected chi connectivity index (χ3v) is 4.68. The van der Waals surface area contributed by atoms with Crippen LogP contribution in [-0.2, 0) is 11.2 Å². The first-order valence-electron chi connectivity index (χ1n) is 8.91. The van der Waals surface area contributed by atoms with Crippen LogP contribution in [0.25, 0.3) is 0 Å². The number of amides is 1. The Labute approximate surface area is 174 Å². The lowest BCUT2D eigenvalue weighted by molar-refractivity contribution is -0.120. The first-order chi connectivity index (χ1) is 12.9. The van der Waals surface area contributed by atoms with E-state index in [1.54, 1.807) is 6.21 Å². The molecule has 0 radical (unpaired) electrons. The molecule has 0 aliphatic heterocycles. The van der Waals surface area contributed by atoms with Crippen LogP contribution in [-0.4, -0.2) is 25.3 Å². The normalized spacial score (nSPS) is 10.9. The van der Waals surface area contributed by atoms with Crippen LogP contribution in [0.5, 0.6) is 11.5 Å². The van der Waals surface area contributed by atoms with Crippen LogP contribution in [0.3, 0.4) is 0 Å². The average Bonchev–Trinajstić information content (AvgIpc) is 2.61. The van der Waals surface area contributed by atoms with Crippen LogP contribution in [0.4, 0.5) is 0 Å². The second-order valence-corrected chi connectivity index (χ2v) is 7.26. The van der Waals surface area contributed by atoms with Gasteiger partial charge in [0.2, 0.25) is 5.91 Å². The summed E-state index contributed by atoms with van der Waals surface area (Å²) in [4.78, 5) is 12.2. The fourth-order valence-electron chi connectivity index (χ4n) is 2.59. The Balaban J connectivity index is 2.06. The number of halogens is 1. The topological polar surface area (TPSA) is 59.9 Å². The maximum Gasteiger partial charge on any atom is 0.244 e. The molecule has 27 heavy (non-hydrogen) atoms. The Morgan fingerprint density at radius 2 is 1.89 bits per heavy atom. The van der Waals surface area contributed by atoms with E-state index in [-0.39, 0.29) is 5.91 Å². The number of hydrogen-bond donors (Lipinski definition) is 1. The smallest absolute Gasteiger partial charge is 0.244 e. The SMILES string of the molecule is CCOc1cc(/C=N/NC(=O)Cc2cc(C)ccc2C)cc(I)c1OCC. The number of ether oxygens (including phenoxy) is 2. The number of nitrogens with one attached hydrogen (secondary N) is 1. The van der Waals surface area contributed by atoms with Gasteiger partial charge in [0.05, 0.1) is 29.4 Å². The predicted octanol–water partition coefficient (Wildman–Crippen LogP) is 4.40. The third kappa shape index (κ3) is 6.23. The number of benzene rings is 2. The van der Waals surface area contributed by atoms with Crippen molar-refractivity contribution in [2.75, 3.05) is 13.2 Å². The summed E-state index contributed by atoms with van der Waals surface area (Å²) in [5.41, 5.74) is 6.67. The van der Waals surface area contributed by atoms with E-state index in [1.165, 1.54) is 0 Å². The maximum absolute atomic E-state index is 12.2. The van der Waals surface area contributed by atoms with E-state index >= 15 is 0 Å². The number of nitrogens with zero attached hydrogens (tertiary/aromatic N) is 1. The lowest BCUT2D eigenvalue weighted by Gasteiger charge is -2.13. The minimum Gasteiger partial charge on any atom is -0.490 e. The Morgan fingerprint density at radius 3 is 2.59 bits per heavy atom. The molecule has 0 saturated heterocycles. The molecule has 0 atom stereocenters. The van der Waals surface area contributed by atoms with Gasteiger partial charge in [-0.3, -0.25) is 4.79 Å². The fourth-order valence-corrected chi connectivity index (χ4v) is 3.37. The van der Waals surface area contributed by atoms with Gasteiger partial charge in [-0.15, -0.1) is 0 Å². The molecule has 1 N–H and O–H groups in total. The maximum atomic E-state index is 12.2. The molecule has 0 aliphatic rings. The highest BCUT2D eigenvalue weighted by Crippen LogP contribution is 2.33. The third-order valence-electron chi connectivity index (χ3n) is 3.88. The number of rotatable bonds is 8. The molecule has 0 aromatic heterocycles. The van der Waals surface area contributed by atoms with Gasteiger partial charge in [0, 0.05) is 0 Å². The number of hydrazone groups is 1. The second kappa shape index (κ2) is 10.3. The summed E-state index contributed by atoms with van der Waals surface area (Å²) in [6.45, 7) is 9.00. The molecule has 1 amide bonds. The van der Waals surface area contributed by atoms with Gasteiger partial charge in [-0.1, -0.05) is 23.8 Å². The molecule has 6 heteroatoms. The molecule has 0 heterocycles. The molecule has 2 aromatic rings. The highest BCUT2D eigenvalue weighted by molar-refractivity contribution is 14.1. The van der Waals surface area contributed by atoms with Crippen LogP contribution in [0.1, 0.15) is 36.1 Å². The second-order valence-electron chi connectivity index (χ2n) is 6.10. The summed E-state index contributed by atoms with van der Waals surface area (Å²) in [6.07, 6.45) is 1.91.